The van der Waals surface area contributed by atoms with Crippen LogP contribution in [0.25, 0.3) is 0 Å². The number of hydrogen-bond acceptors (Lipinski definition) is 21. The molecule has 3 aromatic heterocycles. The number of urea groups is 1. The number of likely N-dealkylation sites (N-methyl/N-ethyl adjacent to an activating group) is 6. The number of nitrogens with zero attached hydrogens (tertiary/aromatic N) is 10. The fraction of sp³-hybridized carbons (Fsp3) is 0.469. The van der Waals surface area contributed by atoms with Gasteiger partial charge in [0.1, 0.15) is 49.6 Å². The molecule has 0 saturated carbocycles. The Morgan fingerprint density at radius 2 is 1.04 bits per heavy atom. The molecule has 30 heteroatoms. The maximum absolute atomic E-state index is 13.2. The minimum atomic E-state index is -1.21. The van der Waals surface area contributed by atoms with Gasteiger partial charge < -0.3 is 66.8 Å². The number of nitrogens with one attached hydrogen (secondary N) is 6. The molecule has 0 radical (unpaired) electrons. The number of pyridine rings is 3. The van der Waals surface area contributed by atoms with Gasteiger partial charge in [-0.2, -0.15) is 5.10 Å². The van der Waals surface area contributed by atoms with Crippen LogP contribution in [0.1, 0.15) is 33.6 Å². The van der Waals surface area contributed by atoms with Crippen LogP contribution in [0.4, 0.5) is 39.3 Å². The summed E-state index contributed by atoms with van der Waals surface area (Å²) in [5.41, 5.74) is 7.76. The highest BCUT2D eigenvalue weighted by molar-refractivity contribution is 6.07. The van der Waals surface area contributed by atoms with Crippen molar-refractivity contribution in [2.75, 3.05) is 111 Å². The van der Waals surface area contributed by atoms with Gasteiger partial charge in [-0.25, -0.2) is 25.2 Å². The van der Waals surface area contributed by atoms with Gasteiger partial charge in [0.2, 0.25) is 29.5 Å². The predicted octanol–water partition coefficient (Wildman–Crippen LogP) is -2.53. The Bertz CT molecular complexity index is 2720. The van der Waals surface area contributed by atoms with E-state index in [0.717, 1.165) is 6.21 Å². The minimum Gasteiger partial charge on any atom is -0.481 e. The topological polar surface area (TPSA) is 389 Å². The molecule has 0 bridgehead atoms. The van der Waals surface area contributed by atoms with E-state index in [1.54, 1.807) is 104 Å². The largest absolute Gasteiger partial charge is 0.481 e. The molecule has 3 aliphatic heterocycles. The Hall–Kier alpha value is -8.90. The van der Waals surface area contributed by atoms with E-state index in [1.165, 1.54) is 14.7 Å². The quantitative estimate of drug-likeness (QED) is 0.0274. The molecule has 30 nitrogen and oxygen atoms in total. The minimum absolute atomic E-state index is 0.249. The van der Waals surface area contributed by atoms with Crippen molar-refractivity contribution < 1.29 is 62.9 Å². The average molecular weight is 1100 g/mol. The molecule has 10 N–H and O–H groups in total. The van der Waals surface area contributed by atoms with Gasteiger partial charge in [0, 0.05) is 65.6 Å². The average Bonchev–Trinajstić information content (AvgIpc) is 3.66. The smallest absolute Gasteiger partial charge is 0.332 e. The number of aldehydes is 1. The van der Waals surface area contributed by atoms with E-state index in [-0.39, 0.29) is 43.8 Å². The van der Waals surface area contributed by atoms with E-state index in [4.69, 9.17) is 20.7 Å². The molecule has 0 aromatic carbocycles. The number of amides is 7. The summed E-state index contributed by atoms with van der Waals surface area (Å²) < 4.78 is 5.30. The number of nitrogens with two attached hydrogens (primary N) is 1. The van der Waals surface area contributed by atoms with Crippen LogP contribution in [-0.4, -0.2) is 209 Å². The molecule has 7 amide bonds. The Kier molecular flexibility index (Phi) is 23.0. The summed E-state index contributed by atoms with van der Waals surface area (Å²) in [6, 6.07) is 5.56. The van der Waals surface area contributed by atoms with Gasteiger partial charge in [0.05, 0.1) is 42.0 Å². The summed E-state index contributed by atoms with van der Waals surface area (Å²) in [6.07, 6.45) is 5.57. The normalized spacial score (nSPS) is 17.8. The molecular weight excluding hydrogens is 1030 g/mol. The lowest BCUT2D eigenvalue weighted by molar-refractivity contribution is -0.155. The molecular formula is C49H69N17O13. The monoisotopic (exact) mass is 1100 g/mol. The standard InChI is InChI=1S/C21H32N8O5.C16H21N5O5.C12H16N4O3/c1-21(2,3)34-17(31)9-13(10-25-27-20(22)33)26-16(30)12-29-15-7-6-8-24-18(15)28(5)11-14(23-4)19(29)32;1-17-11-7-20(2)15-12(4-3-5-18-15)21(16(11)26)8-13(23)19-10(9-22)6-14(24)25;1-13-8-6-15(2)11-9(4-3-5-14-11)16(12(8)19)7-10(17)18/h6-8,10,13-14,23H,9,11-12H2,1-5H3,(H,26,30)(H3,22,27,33);3-5,9-11,17H,6-8H2,1-2H3,(H,19,23)(H,24,25);3-5,8,13H,6-7H2,1-2H3,(H,17,18)/b25-10+;;/t13-,14-;10-,11-;8-/m000/s1. The number of ether oxygens (including phenoxy) is 1. The van der Waals surface area contributed by atoms with Crippen LogP contribution < -0.4 is 67.1 Å². The fourth-order valence-electron chi connectivity index (χ4n) is 8.19. The van der Waals surface area contributed by atoms with Crippen LogP contribution >= 0.6 is 0 Å². The SMILES string of the molecule is CN[C@H]1CN(C)c2ncccc2N(CC(=O)N[C@H](/C=N/NC(N)=O)CC(=O)OC(C)(C)C)C1=O.CN[C@H]1CN(C)c2ncccc2N(CC(=O)N[C@H](C=O)CC(=O)O)C1=O.CN[C@H]1CN(C)c2ncccc2N(CC(=O)O)C1=O. The first-order chi connectivity index (χ1) is 37.3. The maximum atomic E-state index is 13.2. The molecule has 6 heterocycles. The third-order valence-corrected chi connectivity index (χ3v) is 11.7. The first-order valence-electron chi connectivity index (χ1n) is 24.5. The first-order valence-corrected chi connectivity index (χ1v) is 24.5. The molecule has 0 saturated heterocycles. The molecule has 0 spiro atoms. The van der Waals surface area contributed by atoms with E-state index in [0.29, 0.717) is 60.4 Å². The van der Waals surface area contributed by atoms with Crippen LogP contribution in [0.15, 0.2) is 60.1 Å². The fourth-order valence-corrected chi connectivity index (χ4v) is 8.19. The number of primary amides is 1. The van der Waals surface area contributed by atoms with Crippen LogP contribution in [0.2, 0.25) is 0 Å². The number of hydrogen-bond donors (Lipinski definition) is 9. The van der Waals surface area contributed by atoms with Crippen molar-refractivity contribution in [1.29, 1.82) is 0 Å². The second-order valence-corrected chi connectivity index (χ2v) is 19.0. The van der Waals surface area contributed by atoms with Gasteiger partial charge in [0.25, 0.3) is 0 Å². The third-order valence-electron chi connectivity index (χ3n) is 11.7. The van der Waals surface area contributed by atoms with Crippen LogP contribution in [0.3, 0.4) is 0 Å². The highest BCUT2D eigenvalue weighted by Crippen LogP contribution is 2.32. The van der Waals surface area contributed by atoms with Crippen LogP contribution in [0, 0.1) is 0 Å². The van der Waals surface area contributed by atoms with Gasteiger partial charge >= 0.3 is 23.9 Å². The van der Waals surface area contributed by atoms with Gasteiger partial charge in [-0.1, -0.05) is 0 Å². The maximum Gasteiger partial charge on any atom is 0.332 e. The van der Waals surface area contributed by atoms with Crippen molar-refractivity contribution in [3.8, 4) is 0 Å². The van der Waals surface area contributed by atoms with Crippen molar-refractivity contribution in [2.24, 2.45) is 10.8 Å². The van der Waals surface area contributed by atoms with Crippen molar-refractivity contribution >= 4 is 100 Å². The molecule has 3 aromatic rings. The second kappa shape index (κ2) is 29.0. The van der Waals surface area contributed by atoms with Crippen molar-refractivity contribution in [1.82, 2.24) is 47.0 Å². The molecule has 6 rings (SSSR count). The number of carbonyl (C=O) groups is 10. The van der Waals surface area contributed by atoms with E-state index in [1.807, 2.05) is 34.2 Å². The molecule has 3 aliphatic rings. The Labute approximate surface area is 455 Å². The first kappa shape index (κ1) is 62.6. The van der Waals surface area contributed by atoms with E-state index >= 15 is 0 Å². The lowest BCUT2D eigenvalue weighted by Gasteiger charge is -2.25. The predicted molar refractivity (Wildman–Crippen MR) is 290 cm³/mol. The summed E-state index contributed by atoms with van der Waals surface area (Å²) in [4.78, 5) is 142. The number of carbonyl (C=O) groups excluding carboxylic acids is 8. The highest BCUT2D eigenvalue weighted by atomic mass is 16.6. The molecule has 0 aliphatic carbocycles. The summed E-state index contributed by atoms with van der Waals surface area (Å²) in [5.74, 6) is -3.21. The van der Waals surface area contributed by atoms with Crippen molar-refractivity contribution in [3.05, 3.63) is 55.0 Å². The summed E-state index contributed by atoms with van der Waals surface area (Å²) in [6.45, 7) is 5.27. The zero-order chi connectivity index (χ0) is 58.7. The van der Waals surface area contributed by atoms with Crippen molar-refractivity contribution in [3.63, 3.8) is 0 Å². The Morgan fingerprint density at radius 1 is 0.658 bits per heavy atom. The second-order valence-electron chi connectivity index (χ2n) is 19.0. The van der Waals surface area contributed by atoms with Crippen LogP contribution in [0.5, 0.6) is 0 Å². The highest BCUT2D eigenvalue weighted by Gasteiger charge is 2.37. The Balaban J connectivity index is 0.000000266. The zero-order valence-electron chi connectivity index (χ0n) is 45.3. The van der Waals surface area contributed by atoms with E-state index < -0.39 is 78.0 Å². The molecule has 0 fully saturated rings. The summed E-state index contributed by atoms with van der Waals surface area (Å²) in [7, 11) is 10.4. The van der Waals surface area contributed by atoms with Crippen LogP contribution in [-0.2, 0) is 47.9 Å². The summed E-state index contributed by atoms with van der Waals surface area (Å²) in [5, 5.41) is 35.1. The van der Waals surface area contributed by atoms with Crippen molar-refractivity contribution in [2.45, 2.75) is 69.4 Å². The third kappa shape index (κ3) is 18.1. The van der Waals surface area contributed by atoms with E-state index in [9.17, 15) is 47.9 Å². The number of fused-ring (bicyclic) bond motifs is 3. The number of hydrazone groups is 1. The number of aromatic nitrogens is 3. The lowest BCUT2D eigenvalue weighted by Crippen LogP contribution is -2.52. The number of carboxylic acids is 2. The number of anilines is 6. The van der Waals surface area contributed by atoms with Gasteiger partial charge in [-0.3, -0.25) is 53.1 Å². The molecule has 0 unspecified atom stereocenters. The van der Waals surface area contributed by atoms with E-state index in [2.05, 4.69) is 46.6 Å². The molecule has 428 valence electrons. The number of aliphatic carboxylic acids is 2. The summed E-state index contributed by atoms with van der Waals surface area (Å²) >= 11 is 0. The zero-order valence-corrected chi connectivity index (χ0v) is 45.3. The number of carboxylic acid groups (broad SMARTS) is 2. The molecule has 5 atom stereocenters. The number of esters is 1. The van der Waals surface area contributed by atoms with Gasteiger partial charge in [-0.05, 0) is 78.3 Å². The Morgan fingerprint density at radius 3 is 1.37 bits per heavy atom. The lowest BCUT2D eigenvalue weighted by atomic mass is 10.1. The number of rotatable bonds is 18. The molecule has 79 heavy (non-hydrogen) atoms. The van der Waals surface area contributed by atoms with Gasteiger partial charge in [-0.15, -0.1) is 0 Å². The van der Waals surface area contributed by atoms with Gasteiger partial charge in [0.15, 0.2) is 17.5 Å².